The third-order valence-corrected chi connectivity index (χ3v) is 4.58. The van der Waals surface area contributed by atoms with E-state index in [1.165, 1.54) is 25.1 Å². The Hall–Kier alpha value is -2.87. The highest BCUT2D eigenvalue weighted by atomic mass is 79.9. The maximum Gasteiger partial charge on any atom is 0.282 e. The number of nitrogens with zero attached hydrogens (tertiary/aromatic N) is 3. The van der Waals surface area contributed by atoms with E-state index in [4.69, 9.17) is 9.47 Å². The zero-order chi connectivity index (χ0) is 19.7. The Morgan fingerprint density at radius 3 is 2.48 bits per heavy atom. The van der Waals surface area contributed by atoms with Crippen LogP contribution in [0.4, 0.5) is 0 Å². The van der Waals surface area contributed by atoms with E-state index >= 15 is 0 Å². The minimum Gasteiger partial charge on any atom is -0.507 e. The van der Waals surface area contributed by atoms with Crippen molar-refractivity contribution in [2.24, 2.45) is 5.10 Å². The number of aromatic nitrogens is 2. The SMILES string of the molecule is COc1cc2nc(C)n(/N=C/c3cc(Br)cc(C)c3O)c(=O)c2cc1OC. The zero-order valence-corrected chi connectivity index (χ0v) is 16.9. The topological polar surface area (TPSA) is 85.9 Å². The molecule has 1 heterocycles. The van der Waals surface area contributed by atoms with E-state index in [0.717, 1.165) is 4.47 Å². The summed E-state index contributed by atoms with van der Waals surface area (Å²) >= 11 is 3.38. The first-order chi connectivity index (χ1) is 12.8. The van der Waals surface area contributed by atoms with Crippen molar-refractivity contribution < 1.29 is 14.6 Å². The standard InChI is InChI=1S/C19H18BrN3O4/c1-10-5-13(20)6-12(18(10)24)9-21-23-11(2)22-15-8-17(27-4)16(26-3)7-14(15)19(23)25/h5-9,24H,1-4H3/b21-9+. The summed E-state index contributed by atoms with van der Waals surface area (Å²) in [5.41, 5.74) is 1.33. The molecule has 3 rings (SSSR count). The molecule has 0 fully saturated rings. The number of hydrogen-bond donors (Lipinski definition) is 1. The average Bonchev–Trinajstić information content (AvgIpc) is 2.64. The quantitative estimate of drug-likeness (QED) is 0.639. The molecular formula is C19H18BrN3O4. The first-order valence-corrected chi connectivity index (χ1v) is 8.84. The number of fused-ring (bicyclic) bond motifs is 1. The van der Waals surface area contributed by atoms with Crippen molar-refractivity contribution in [2.75, 3.05) is 14.2 Å². The third kappa shape index (κ3) is 3.52. The number of methoxy groups -OCH3 is 2. The number of ether oxygens (including phenoxy) is 2. The number of aryl methyl sites for hydroxylation is 2. The fourth-order valence-corrected chi connectivity index (χ4v) is 3.32. The molecule has 8 heteroatoms. The monoisotopic (exact) mass is 431 g/mol. The number of benzene rings is 2. The molecule has 0 amide bonds. The predicted molar refractivity (Wildman–Crippen MR) is 107 cm³/mol. The summed E-state index contributed by atoms with van der Waals surface area (Å²) in [5.74, 6) is 1.44. The van der Waals surface area contributed by atoms with E-state index in [0.29, 0.717) is 39.4 Å². The maximum absolute atomic E-state index is 12.9. The lowest BCUT2D eigenvalue weighted by atomic mass is 10.1. The summed E-state index contributed by atoms with van der Waals surface area (Å²) in [5, 5.41) is 14.8. The molecule has 0 spiro atoms. The van der Waals surface area contributed by atoms with Crippen LogP contribution in [0.15, 0.2) is 38.6 Å². The Morgan fingerprint density at radius 1 is 1.15 bits per heavy atom. The molecule has 7 nitrogen and oxygen atoms in total. The molecule has 0 atom stereocenters. The van der Waals surface area contributed by atoms with E-state index in [1.807, 2.05) is 0 Å². The van der Waals surface area contributed by atoms with Gasteiger partial charge in [-0.05, 0) is 37.6 Å². The van der Waals surface area contributed by atoms with Crippen LogP contribution in [-0.2, 0) is 0 Å². The highest BCUT2D eigenvalue weighted by molar-refractivity contribution is 9.10. The molecule has 0 bridgehead atoms. The maximum atomic E-state index is 12.9. The van der Waals surface area contributed by atoms with Gasteiger partial charge < -0.3 is 14.6 Å². The zero-order valence-electron chi connectivity index (χ0n) is 15.3. The van der Waals surface area contributed by atoms with Crippen LogP contribution in [0.3, 0.4) is 0 Å². The van der Waals surface area contributed by atoms with E-state index < -0.39 is 0 Å². The first-order valence-electron chi connectivity index (χ1n) is 8.04. The summed E-state index contributed by atoms with van der Waals surface area (Å²) in [4.78, 5) is 17.3. The van der Waals surface area contributed by atoms with Gasteiger partial charge in [-0.3, -0.25) is 4.79 Å². The van der Waals surface area contributed by atoms with E-state index in [1.54, 1.807) is 38.1 Å². The summed E-state index contributed by atoms with van der Waals surface area (Å²) in [6.07, 6.45) is 1.43. The molecule has 27 heavy (non-hydrogen) atoms. The molecule has 140 valence electrons. The number of hydrogen-bond acceptors (Lipinski definition) is 6. The van der Waals surface area contributed by atoms with Crippen molar-refractivity contribution in [2.45, 2.75) is 13.8 Å². The van der Waals surface area contributed by atoms with Gasteiger partial charge in [-0.2, -0.15) is 9.78 Å². The van der Waals surface area contributed by atoms with Crippen molar-refractivity contribution in [3.8, 4) is 17.2 Å². The molecule has 0 aliphatic heterocycles. The van der Waals surface area contributed by atoms with Gasteiger partial charge in [-0.25, -0.2) is 4.98 Å². The van der Waals surface area contributed by atoms with Gasteiger partial charge >= 0.3 is 0 Å². The van der Waals surface area contributed by atoms with Gasteiger partial charge in [0.1, 0.15) is 11.6 Å². The highest BCUT2D eigenvalue weighted by Gasteiger charge is 2.13. The molecule has 0 radical (unpaired) electrons. The number of phenols is 1. The summed E-state index contributed by atoms with van der Waals surface area (Å²) < 4.78 is 12.5. The lowest BCUT2D eigenvalue weighted by Gasteiger charge is -2.10. The van der Waals surface area contributed by atoms with Crippen LogP contribution in [0.5, 0.6) is 17.2 Å². The average molecular weight is 432 g/mol. The van der Waals surface area contributed by atoms with Crippen molar-refractivity contribution in [3.05, 3.63) is 56.0 Å². The Labute approximate surface area is 164 Å². The molecule has 1 N–H and O–H groups in total. The van der Waals surface area contributed by atoms with Crippen molar-refractivity contribution in [3.63, 3.8) is 0 Å². The number of rotatable bonds is 4. The van der Waals surface area contributed by atoms with Gasteiger partial charge in [0.25, 0.3) is 5.56 Å². The molecule has 0 aliphatic rings. The van der Waals surface area contributed by atoms with E-state index in [2.05, 4.69) is 26.0 Å². The Balaban J connectivity index is 2.17. The van der Waals surface area contributed by atoms with Crippen LogP contribution in [0.2, 0.25) is 0 Å². The fraction of sp³-hybridized carbons (Fsp3) is 0.211. The number of phenolic OH excluding ortho intramolecular Hbond substituents is 1. The molecule has 3 aromatic rings. The third-order valence-electron chi connectivity index (χ3n) is 4.12. The van der Waals surface area contributed by atoms with Gasteiger partial charge in [-0.15, -0.1) is 0 Å². The lowest BCUT2D eigenvalue weighted by molar-refractivity contribution is 0.355. The van der Waals surface area contributed by atoms with Crippen LogP contribution in [0, 0.1) is 13.8 Å². The van der Waals surface area contributed by atoms with Crippen LogP contribution < -0.4 is 15.0 Å². The Bertz CT molecular complexity index is 1120. The smallest absolute Gasteiger partial charge is 0.282 e. The van der Waals surface area contributed by atoms with Crippen molar-refractivity contribution in [1.82, 2.24) is 9.66 Å². The van der Waals surface area contributed by atoms with Gasteiger partial charge in [0, 0.05) is 16.1 Å². The number of halogens is 1. The van der Waals surface area contributed by atoms with Crippen LogP contribution in [0.25, 0.3) is 10.9 Å². The van der Waals surface area contributed by atoms with Crippen LogP contribution >= 0.6 is 15.9 Å². The Kier molecular flexibility index (Phi) is 5.18. The normalized spacial score (nSPS) is 11.3. The highest BCUT2D eigenvalue weighted by Crippen LogP contribution is 2.30. The second-order valence-corrected chi connectivity index (χ2v) is 6.82. The van der Waals surface area contributed by atoms with Crippen LogP contribution in [0.1, 0.15) is 17.0 Å². The van der Waals surface area contributed by atoms with E-state index in [9.17, 15) is 9.90 Å². The summed E-state index contributed by atoms with van der Waals surface area (Å²) in [6, 6.07) is 6.74. The number of aromatic hydroxyl groups is 1. The van der Waals surface area contributed by atoms with Gasteiger partial charge in [-0.1, -0.05) is 15.9 Å². The second kappa shape index (κ2) is 7.40. The first kappa shape index (κ1) is 18.9. The van der Waals surface area contributed by atoms with Crippen LogP contribution in [-0.4, -0.2) is 35.2 Å². The van der Waals surface area contributed by atoms with Gasteiger partial charge in [0.2, 0.25) is 0 Å². The van der Waals surface area contributed by atoms with E-state index in [-0.39, 0.29) is 11.3 Å². The Morgan fingerprint density at radius 2 is 1.81 bits per heavy atom. The summed E-state index contributed by atoms with van der Waals surface area (Å²) in [7, 11) is 3.02. The minimum atomic E-state index is -0.346. The molecular weight excluding hydrogens is 414 g/mol. The lowest BCUT2D eigenvalue weighted by Crippen LogP contribution is -2.20. The van der Waals surface area contributed by atoms with Crippen molar-refractivity contribution >= 4 is 33.0 Å². The van der Waals surface area contributed by atoms with Gasteiger partial charge in [0.15, 0.2) is 11.5 Å². The molecule has 2 aromatic carbocycles. The molecule has 0 aliphatic carbocycles. The second-order valence-electron chi connectivity index (χ2n) is 5.91. The summed E-state index contributed by atoms with van der Waals surface area (Å²) in [6.45, 7) is 3.47. The molecule has 0 unspecified atom stereocenters. The molecule has 1 aromatic heterocycles. The van der Waals surface area contributed by atoms with Gasteiger partial charge in [0.05, 0.1) is 31.3 Å². The predicted octanol–water partition coefficient (Wildman–Crippen LogP) is 3.38. The molecule has 0 saturated carbocycles. The fourth-order valence-electron chi connectivity index (χ4n) is 2.73. The largest absolute Gasteiger partial charge is 0.507 e. The minimum absolute atomic E-state index is 0.104. The van der Waals surface area contributed by atoms with Crippen molar-refractivity contribution in [1.29, 1.82) is 0 Å². The molecule has 0 saturated heterocycles.